The van der Waals surface area contributed by atoms with Gasteiger partial charge in [-0.3, -0.25) is 33.5 Å². The molecule has 20 heteroatoms. The van der Waals surface area contributed by atoms with Crippen molar-refractivity contribution in [2.75, 3.05) is 59.4 Å². The summed E-state index contributed by atoms with van der Waals surface area (Å²) in [6.07, 6.45) is 0.938. The first-order chi connectivity index (χ1) is 32.7. The van der Waals surface area contributed by atoms with E-state index in [1.54, 1.807) is 23.5 Å². The Hall–Kier alpha value is -5.63. The fourth-order valence-corrected chi connectivity index (χ4v) is 11.7. The number of halogens is 2. The number of fused-ring (bicyclic) bond motifs is 6. The molecule has 1 saturated heterocycles. The standard InChI is InChI=1S/C48H53Cl2N13O3S2/c1-26-28(3)67-47-39(26)41(31-8-12-33(49)13-9-31)54-36(44-58-56-29(4)62(44)47)25-38(65)52-17-18-53-46(66)43-27(2)40-42(32-10-14-34(50)15-11-32)55-35(45-59-57-30(5)63(45)48(40)68-43)24-37(64)51-16-7-19-61-22-20-60(6)21-23-61/h8-15,35-36H,7,16-25H2,1-6H3,(H,51,64)(H,52,65)(H,53,66)/t35-,36-/m0/s1. The molecule has 0 saturated carbocycles. The van der Waals surface area contributed by atoms with Crippen LogP contribution >= 0.6 is 45.9 Å². The van der Waals surface area contributed by atoms with Crippen LogP contribution in [-0.4, -0.2) is 128 Å². The number of rotatable bonds is 14. The van der Waals surface area contributed by atoms with Crippen LogP contribution < -0.4 is 16.0 Å². The number of thiophene rings is 2. The molecule has 0 aliphatic carbocycles. The molecule has 354 valence electrons. The molecule has 7 heterocycles. The van der Waals surface area contributed by atoms with E-state index in [4.69, 9.17) is 33.2 Å². The Morgan fingerprint density at radius 2 is 1.12 bits per heavy atom. The average Bonchev–Trinajstić information content (AvgIpc) is 4.03. The Morgan fingerprint density at radius 3 is 1.66 bits per heavy atom. The number of piperazine rings is 1. The Labute approximate surface area is 412 Å². The lowest BCUT2D eigenvalue weighted by molar-refractivity contribution is -0.122. The summed E-state index contributed by atoms with van der Waals surface area (Å²) in [7, 11) is 2.14. The van der Waals surface area contributed by atoms with E-state index in [1.165, 1.54) is 11.3 Å². The van der Waals surface area contributed by atoms with Crippen LogP contribution in [0.1, 0.15) is 103 Å². The van der Waals surface area contributed by atoms with Gasteiger partial charge in [-0.1, -0.05) is 47.5 Å². The second kappa shape index (κ2) is 20.1. The van der Waals surface area contributed by atoms with Gasteiger partial charge in [-0.15, -0.1) is 43.1 Å². The molecule has 1 fully saturated rings. The van der Waals surface area contributed by atoms with E-state index < -0.39 is 12.1 Å². The maximum absolute atomic E-state index is 14.1. The number of hydrogen-bond donors (Lipinski definition) is 3. The number of likely N-dealkylation sites (N-methyl/N-ethyl adjacent to an activating group) is 1. The number of hydrogen-bond acceptors (Lipinski definition) is 13. The molecule has 3 N–H and O–H groups in total. The molecule has 4 aromatic heterocycles. The number of amides is 3. The molecule has 3 aliphatic heterocycles. The summed E-state index contributed by atoms with van der Waals surface area (Å²) in [5.74, 6) is 1.74. The van der Waals surface area contributed by atoms with Gasteiger partial charge in [0, 0.05) is 83.0 Å². The van der Waals surface area contributed by atoms with E-state index in [1.807, 2.05) is 66.3 Å². The minimum atomic E-state index is -0.645. The van der Waals surface area contributed by atoms with E-state index >= 15 is 0 Å². The third-order valence-electron chi connectivity index (χ3n) is 12.7. The highest BCUT2D eigenvalue weighted by atomic mass is 35.5. The van der Waals surface area contributed by atoms with E-state index in [-0.39, 0.29) is 43.7 Å². The largest absolute Gasteiger partial charge is 0.356 e. The highest BCUT2D eigenvalue weighted by Crippen LogP contribution is 2.41. The molecule has 3 aliphatic rings. The van der Waals surface area contributed by atoms with E-state index in [0.29, 0.717) is 50.5 Å². The minimum absolute atomic E-state index is 0.0138. The Balaban J connectivity index is 0.900. The number of carbonyl (C=O) groups is 3. The molecule has 16 nitrogen and oxygen atoms in total. The molecule has 9 rings (SSSR count). The number of carbonyl (C=O) groups excluding carboxylic acids is 3. The molecule has 2 atom stereocenters. The number of nitrogens with zero attached hydrogens (tertiary/aromatic N) is 10. The predicted octanol–water partition coefficient (Wildman–Crippen LogP) is 6.68. The van der Waals surface area contributed by atoms with Crippen molar-refractivity contribution in [2.45, 2.75) is 66.0 Å². The van der Waals surface area contributed by atoms with Gasteiger partial charge in [0.1, 0.15) is 33.7 Å². The highest BCUT2D eigenvalue weighted by molar-refractivity contribution is 7.17. The van der Waals surface area contributed by atoms with Gasteiger partial charge in [0.25, 0.3) is 5.91 Å². The van der Waals surface area contributed by atoms with Crippen molar-refractivity contribution in [1.29, 1.82) is 0 Å². The van der Waals surface area contributed by atoms with Gasteiger partial charge in [-0.2, -0.15) is 0 Å². The maximum atomic E-state index is 14.1. The summed E-state index contributed by atoms with van der Waals surface area (Å²) in [4.78, 5) is 58.2. The van der Waals surface area contributed by atoms with Crippen LogP contribution in [0, 0.1) is 34.6 Å². The smallest absolute Gasteiger partial charge is 0.261 e. The van der Waals surface area contributed by atoms with E-state index in [0.717, 1.165) is 93.1 Å². The first kappa shape index (κ1) is 47.4. The zero-order chi connectivity index (χ0) is 47.8. The van der Waals surface area contributed by atoms with Crippen molar-refractivity contribution in [3.05, 3.63) is 125 Å². The number of aliphatic imine (C=N–C) groups is 2. The number of nitrogens with one attached hydrogen (secondary N) is 3. The minimum Gasteiger partial charge on any atom is -0.356 e. The normalized spacial score (nSPS) is 16.9. The van der Waals surface area contributed by atoms with Crippen LogP contribution in [0.4, 0.5) is 0 Å². The third kappa shape index (κ3) is 9.67. The monoisotopic (exact) mass is 993 g/mol. The van der Waals surface area contributed by atoms with Crippen molar-refractivity contribution in [3.63, 3.8) is 0 Å². The SMILES string of the molecule is Cc1sc2c(c1C)C(c1ccc(Cl)cc1)=N[C@@H](CC(=O)NCCNC(=O)c1sc3c(c1C)C(c1ccc(Cl)cc1)=N[C@@H](CC(=O)NCCCN1CCN(C)CC1)c1nnc(C)n1-3)c1nnc(C)n1-2. The van der Waals surface area contributed by atoms with Crippen molar-refractivity contribution >= 4 is 75.0 Å². The maximum Gasteiger partial charge on any atom is 0.261 e. The second-order valence-corrected chi connectivity index (χ2v) is 20.5. The zero-order valence-corrected chi connectivity index (χ0v) is 42.0. The second-order valence-electron chi connectivity index (χ2n) is 17.4. The van der Waals surface area contributed by atoms with Crippen LogP contribution in [0.5, 0.6) is 0 Å². The topological polar surface area (TPSA) is 180 Å². The van der Waals surface area contributed by atoms with Gasteiger partial charge >= 0.3 is 0 Å². The van der Waals surface area contributed by atoms with E-state index in [9.17, 15) is 14.4 Å². The van der Waals surface area contributed by atoms with Gasteiger partial charge in [0.15, 0.2) is 11.6 Å². The van der Waals surface area contributed by atoms with Gasteiger partial charge in [-0.05, 0) is 90.0 Å². The Bertz CT molecular complexity index is 2940. The lowest BCUT2D eigenvalue weighted by Gasteiger charge is -2.32. The van der Waals surface area contributed by atoms with Crippen molar-refractivity contribution in [3.8, 4) is 10.0 Å². The quantitative estimate of drug-likeness (QED) is 0.100. The molecule has 0 bridgehead atoms. The van der Waals surface area contributed by atoms with Crippen LogP contribution in [0.3, 0.4) is 0 Å². The number of benzene rings is 2. The van der Waals surface area contributed by atoms with Crippen molar-refractivity contribution < 1.29 is 14.4 Å². The first-order valence-corrected chi connectivity index (χ1v) is 25.1. The molecule has 2 aromatic carbocycles. The molecule has 0 unspecified atom stereocenters. The molecular formula is C48H53Cl2N13O3S2. The predicted molar refractivity (Wildman–Crippen MR) is 268 cm³/mol. The Kier molecular flexibility index (Phi) is 14.1. The van der Waals surface area contributed by atoms with Gasteiger partial charge in [0.05, 0.1) is 29.1 Å². The summed E-state index contributed by atoms with van der Waals surface area (Å²) in [5, 5.41) is 29.9. The molecule has 0 radical (unpaired) electrons. The summed E-state index contributed by atoms with van der Waals surface area (Å²) in [5.41, 5.74) is 6.61. The van der Waals surface area contributed by atoms with Gasteiger partial charge in [0.2, 0.25) is 11.8 Å². The average molecular weight is 995 g/mol. The third-order valence-corrected chi connectivity index (χ3v) is 15.7. The number of aryl methyl sites for hydroxylation is 3. The van der Waals surface area contributed by atoms with Crippen molar-refractivity contribution in [2.24, 2.45) is 9.98 Å². The fraction of sp³-hybridized carbons (Fsp3) is 0.396. The van der Waals surface area contributed by atoms with Crippen LogP contribution in [0.25, 0.3) is 10.0 Å². The highest BCUT2D eigenvalue weighted by Gasteiger charge is 2.35. The molecule has 3 amide bonds. The lowest BCUT2D eigenvalue weighted by atomic mass is 9.99. The lowest BCUT2D eigenvalue weighted by Crippen LogP contribution is -2.45. The van der Waals surface area contributed by atoms with Gasteiger partial charge in [-0.25, -0.2) is 0 Å². The number of aromatic nitrogens is 6. The first-order valence-electron chi connectivity index (χ1n) is 22.7. The summed E-state index contributed by atoms with van der Waals surface area (Å²) >= 11 is 15.6. The van der Waals surface area contributed by atoms with E-state index in [2.05, 4.69) is 67.0 Å². The Morgan fingerprint density at radius 1 is 0.632 bits per heavy atom. The molecular weight excluding hydrogens is 942 g/mol. The van der Waals surface area contributed by atoms with Gasteiger partial charge < -0.3 is 25.8 Å². The zero-order valence-electron chi connectivity index (χ0n) is 38.8. The van der Waals surface area contributed by atoms with Crippen LogP contribution in [0.15, 0.2) is 58.5 Å². The van der Waals surface area contributed by atoms with Crippen LogP contribution in [0.2, 0.25) is 10.0 Å². The molecule has 68 heavy (non-hydrogen) atoms. The molecule has 0 spiro atoms. The summed E-state index contributed by atoms with van der Waals surface area (Å²) in [6.45, 7) is 15.8. The van der Waals surface area contributed by atoms with Crippen molar-refractivity contribution in [1.82, 2.24) is 55.3 Å². The fourth-order valence-electron chi connectivity index (χ4n) is 8.93. The summed E-state index contributed by atoms with van der Waals surface area (Å²) in [6, 6.07) is 13.7. The van der Waals surface area contributed by atoms with Crippen LogP contribution in [-0.2, 0) is 9.59 Å². The molecule has 6 aromatic rings. The summed E-state index contributed by atoms with van der Waals surface area (Å²) < 4.78 is 3.93.